The fourth-order valence-electron chi connectivity index (χ4n) is 2.63. The summed E-state index contributed by atoms with van der Waals surface area (Å²) in [5.41, 5.74) is 9.17. The molecule has 2 N–H and O–H groups in total. The summed E-state index contributed by atoms with van der Waals surface area (Å²) in [4.78, 5) is 0. The molecule has 4 heteroatoms. The van der Waals surface area contributed by atoms with Gasteiger partial charge in [-0.2, -0.15) is 0 Å². The third-order valence-electron chi connectivity index (χ3n) is 3.56. The Hall–Kier alpha value is -2.07. The minimum Gasteiger partial charge on any atom is -0.493 e. The minimum atomic E-state index is -0.615. The maximum Gasteiger partial charge on any atom is 0.165 e. The Morgan fingerprint density at radius 1 is 1.10 bits per heavy atom. The summed E-state index contributed by atoms with van der Waals surface area (Å²) in [6.07, 6.45) is 0. The van der Waals surface area contributed by atoms with Crippen LogP contribution < -0.4 is 15.2 Å². The van der Waals surface area contributed by atoms with Gasteiger partial charge in [0, 0.05) is 11.1 Å². The van der Waals surface area contributed by atoms with Crippen LogP contribution in [0.1, 0.15) is 28.3 Å². The second-order valence-corrected chi connectivity index (χ2v) is 5.04. The fraction of sp³-hybridized carbons (Fsp3) is 0.294. The molecule has 1 unspecified atom stereocenters. The van der Waals surface area contributed by atoms with Crippen molar-refractivity contribution >= 4 is 0 Å². The number of hydrogen-bond acceptors (Lipinski definition) is 3. The second kappa shape index (κ2) is 6.14. The van der Waals surface area contributed by atoms with Crippen molar-refractivity contribution < 1.29 is 13.9 Å². The molecule has 3 nitrogen and oxygen atoms in total. The van der Waals surface area contributed by atoms with Crippen molar-refractivity contribution in [1.29, 1.82) is 0 Å². The van der Waals surface area contributed by atoms with Crippen LogP contribution in [0, 0.1) is 19.7 Å². The van der Waals surface area contributed by atoms with Crippen LogP contribution in [0.4, 0.5) is 4.39 Å². The van der Waals surface area contributed by atoms with Gasteiger partial charge < -0.3 is 15.2 Å². The van der Waals surface area contributed by atoms with E-state index in [-0.39, 0.29) is 5.82 Å². The van der Waals surface area contributed by atoms with E-state index in [9.17, 15) is 4.39 Å². The zero-order valence-corrected chi connectivity index (χ0v) is 12.7. The zero-order chi connectivity index (χ0) is 15.6. The SMILES string of the molecule is COc1cccc(C(N)c2c(C)cc(C)cc2F)c1OC. The van der Waals surface area contributed by atoms with E-state index in [1.807, 2.05) is 32.0 Å². The molecular formula is C17H20FNO2. The number of para-hydroxylation sites is 1. The summed E-state index contributed by atoms with van der Waals surface area (Å²) in [7, 11) is 3.11. The highest BCUT2D eigenvalue weighted by Gasteiger charge is 2.21. The van der Waals surface area contributed by atoms with Gasteiger partial charge in [0.25, 0.3) is 0 Å². The van der Waals surface area contributed by atoms with Crippen molar-refractivity contribution in [2.75, 3.05) is 14.2 Å². The van der Waals surface area contributed by atoms with Crippen molar-refractivity contribution in [2.45, 2.75) is 19.9 Å². The minimum absolute atomic E-state index is 0.301. The molecule has 0 saturated heterocycles. The first-order valence-corrected chi connectivity index (χ1v) is 6.72. The monoisotopic (exact) mass is 289 g/mol. The molecule has 2 aromatic carbocycles. The van der Waals surface area contributed by atoms with E-state index >= 15 is 0 Å². The Morgan fingerprint density at radius 3 is 2.38 bits per heavy atom. The lowest BCUT2D eigenvalue weighted by molar-refractivity contribution is 0.350. The lowest BCUT2D eigenvalue weighted by atomic mass is 9.93. The molecule has 0 spiro atoms. The average molecular weight is 289 g/mol. The van der Waals surface area contributed by atoms with E-state index < -0.39 is 6.04 Å². The van der Waals surface area contributed by atoms with Crippen LogP contribution in [-0.2, 0) is 0 Å². The van der Waals surface area contributed by atoms with Gasteiger partial charge in [-0.05, 0) is 37.1 Å². The third kappa shape index (κ3) is 2.85. The van der Waals surface area contributed by atoms with Crippen molar-refractivity contribution in [3.05, 3.63) is 58.4 Å². The highest BCUT2D eigenvalue weighted by Crippen LogP contribution is 2.37. The van der Waals surface area contributed by atoms with Gasteiger partial charge in [0.1, 0.15) is 5.82 Å². The normalized spacial score (nSPS) is 12.1. The highest BCUT2D eigenvalue weighted by atomic mass is 19.1. The molecule has 21 heavy (non-hydrogen) atoms. The van der Waals surface area contributed by atoms with E-state index in [2.05, 4.69) is 0 Å². The van der Waals surface area contributed by atoms with Gasteiger partial charge in [-0.3, -0.25) is 0 Å². The molecular weight excluding hydrogens is 269 g/mol. The second-order valence-electron chi connectivity index (χ2n) is 5.04. The van der Waals surface area contributed by atoms with Gasteiger partial charge in [0.2, 0.25) is 0 Å². The molecule has 0 aliphatic rings. The van der Waals surface area contributed by atoms with Crippen LogP contribution in [-0.4, -0.2) is 14.2 Å². The summed E-state index contributed by atoms with van der Waals surface area (Å²) in [5, 5.41) is 0. The molecule has 0 heterocycles. The molecule has 0 saturated carbocycles. The van der Waals surface area contributed by atoms with Crippen LogP contribution in [0.15, 0.2) is 30.3 Å². The summed E-state index contributed by atoms with van der Waals surface area (Å²) in [6, 6.07) is 8.23. The quantitative estimate of drug-likeness (QED) is 0.936. The molecule has 1 atom stereocenters. The number of benzene rings is 2. The van der Waals surface area contributed by atoms with Gasteiger partial charge >= 0.3 is 0 Å². The summed E-state index contributed by atoms with van der Waals surface area (Å²) in [5.74, 6) is 0.812. The van der Waals surface area contributed by atoms with E-state index in [0.29, 0.717) is 22.6 Å². The zero-order valence-electron chi connectivity index (χ0n) is 12.7. The number of hydrogen-bond donors (Lipinski definition) is 1. The van der Waals surface area contributed by atoms with Crippen LogP contribution in [0.25, 0.3) is 0 Å². The standard InChI is InChI=1S/C17H20FNO2/c1-10-8-11(2)15(13(18)9-10)16(19)12-6-5-7-14(20-3)17(12)21-4/h5-9,16H,19H2,1-4H3. The average Bonchev–Trinajstić information content (AvgIpc) is 2.44. The number of halogens is 1. The van der Waals surface area contributed by atoms with E-state index in [1.165, 1.54) is 6.07 Å². The number of ether oxygens (including phenoxy) is 2. The Morgan fingerprint density at radius 2 is 1.81 bits per heavy atom. The van der Waals surface area contributed by atoms with Crippen molar-refractivity contribution in [3.8, 4) is 11.5 Å². The number of methoxy groups -OCH3 is 2. The van der Waals surface area contributed by atoms with Gasteiger partial charge in [-0.15, -0.1) is 0 Å². The molecule has 0 bridgehead atoms. The smallest absolute Gasteiger partial charge is 0.165 e. The fourth-order valence-corrected chi connectivity index (χ4v) is 2.63. The first-order valence-electron chi connectivity index (χ1n) is 6.72. The van der Waals surface area contributed by atoms with E-state index in [1.54, 1.807) is 20.3 Å². The molecule has 0 aliphatic heterocycles. The molecule has 112 valence electrons. The van der Waals surface area contributed by atoms with Crippen LogP contribution in [0.2, 0.25) is 0 Å². The highest BCUT2D eigenvalue weighted by molar-refractivity contribution is 5.51. The maximum absolute atomic E-state index is 14.3. The largest absolute Gasteiger partial charge is 0.493 e. The predicted molar refractivity (Wildman–Crippen MR) is 81.5 cm³/mol. The molecule has 0 fully saturated rings. The molecule has 0 amide bonds. The first kappa shape index (κ1) is 15.3. The molecule has 2 aromatic rings. The summed E-state index contributed by atoms with van der Waals surface area (Å²) in [6.45, 7) is 3.72. The van der Waals surface area contributed by atoms with Crippen molar-refractivity contribution in [2.24, 2.45) is 5.73 Å². The predicted octanol–water partition coefficient (Wildman–Crippen LogP) is 3.51. The number of nitrogens with two attached hydrogens (primary N) is 1. The van der Waals surface area contributed by atoms with E-state index in [4.69, 9.17) is 15.2 Å². The Bertz CT molecular complexity index is 632. The van der Waals surface area contributed by atoms with Gasteiger partial charge in [-0.1, -0.05) is 18.2 Å². The van der Waals surface area contributed by atoms with Gasteiger partial charge in [0.05, 0.1) is 20.3 Å². The van der Waals surface area contributed by atoms with Gasteiger partial charge in [0.15, 0.2) is 11.5 Å². The lowest BCUT2D eigenvalue weighted by Gasteiger charge is -2.20. The van der Waals surface area contributed by atoms with Crippen molar-refractivity contribution in [1.82, 2.24) is 0 Å². The molecule has 0 radical (unpaired) electrons. The Balaban J connectivity index is 2.58. The number of rotatable bonds is 4. The van der Waals surface area contributed by atoms with Crippen LogP contribution >= 0.6 is 0 Å². The molecule has 0 aromatic heterocycles. The van der Waals surface area contributed by atoms with E-state index in [0.717, 1.165) is 11.1 Å². The topological polar surface area (TPSA) is 44.5 Å². The Labute approximate surface area is 124 Å². The summed E-state index contributed by atoms with van der Waals surface area (Å²) >= 11 is 0. The number of aryl methyl sites for hydroxylation is 2. The first-order chi connectivity index (χ1) is 9.99. The van der Waals surface area contributed by atoms with Crippen LogP contribution in [0.3, 0.4) is 0 Å². The van der Waals surface area contributed by atoms with Crippen LogP contribution in [0.5, 0.6) is 11.5 Å². The lowest BCUT2D eigenvalue weighted by Crippen LogP contribution is -2.16. The van der Waals surface area contributed by atoms with Gasteiger partial charge in [-0.25, -0.2) is 4.39 Å². The Kier molecular flexibility index (Phi) is 4.48. The third-order valence-corrected chi connectivity index (χ3v) is 3.56. The summed E-state index contributed by atoms with van der Waals surface area (Å²) < 4.78 is 25.0. The molecule has 0 aliphatic carbocycles. The molecule has 2 rings (SSSR count). The van der Waals surface area contributed by atoms with Crippen molar-refractivity contribution in [3.63, 3.8) is 0 Å². The maximum atomic E-state index is 14.3.